The SMILES string of the molecule is CC(C)CC(NC(=O)CNC(=O)C(Cc1ccccc1)NC(=O)C(CCC(=O)O)NC(=O)C(Cc1ccc(O)cc1)NC(=O)C1CCCN1C(=O)CNC(=O)C(C)N)C(N)=O. The second kappa shape index (κ2) is 23.9. The van der Waals surface area contributed by atoms with Crippen LogP contribution in [0.25, 0.3) is 0 Å². The number of carboxylic acid groups (broad SMARTS) is 1. The van der Waals surface area contributed by atoms with Crippen molar-refractivity contribution in [3.05, 3.63) is 65.7 Å². The minimum atomic E-state index is -1.55. The highest BCUT2D eigenvalue weighted by Crippen LogP contribution is 2.19. The number of carboxylic acids is 1. The number of carbonyl (C=O) groups excluding carboxylic acids is 8. The topological polar surface area (TPSA) is 322 Å². The first kappa shape index (κ1) is 48.8. The highest BCUT2D eigenvalue weighted by atomic mass is 16.4. The van der Waals surface area contributed by atoms with E-state index in [0.717, 1.165) is 0 Å². The normalized spacial score (nSPS) is 15.9. The predicted molar refractivity (Wildman–Crippen MR) is 220 cm³/mol. The van der Waals surface area contributed by atoms with E-state index < -0.39 is 115 Å². The van der Waals surface area contributed by atoms with Crippen molar-refractivity contribution in [1.29, 1.82) is 0 Å². The van der Waals surface area contributed by atoms with E-state index in [1.165, 1.54) is 36.1 Å². The van der Waals surface area contributed by atoms with Crippen LogP contribution in [0.15, 0.2) is 54.6 Å². The summed E-state index contributed by atoms with van der Waals surface area (Å²) >= 11 is 0. The molecule has 12 N–H and O–H groups in total. The molecule has 0 radical (unpaired) electrons. The second-order valence-electron chi connectivity index (χ2n) is 15.3. The number of hydrogen-bond acceptors (Lipinski definition) is 11. The number of amides is 8. The first-order chi connectivity index (χ1) is 28.8. The van der Waals surface area contributed by atoms with Gasteiger partial charge in [0.15, 0.2) is 0 Å². The summed E-state index contributed by atoms with van der Waals surface area (Å²) in [5.41, 5.74) is 12.1. The van der Waals surface area contributed by atoms with Crippen LogP contribution >= 0.6 is 0 Å². The highest BCUT2D eigenvalue weighted by molar-refractivity contribution is 5.97. The zero-order chi connectivity index (χ0) is 45.2. The number of phenols is 1. The summed E-state index contributed by atoms with van der Waals surface area (Å²) < 4.78 is 0. The molecule has 8 amide bonds. The summed E-state index contributed by atoms with van der Waals surface area (Å²) in [5, 5.41) is 34.5. The van der Waals surface area contributed by atoms with Gasteiger partial charge in [0, 0.05) is 25.8 Å². The van der Waals surface area contributed by atoms with Gasteiger partial charge in [0.1, 0.15) is 36.0 Å². The molecule has 1 fully saturated rings. The van der Waals surface area contributed by atoms with Crippen LogP contribution in [0.3, 0.4) is 0 Å². The smallest absolute Gasteiger partial charge is 0.303 e. The Morgan fingerprint density at radius 2 is 1.30 bits per heavy atom. The minimum Gasteiger partial charge on any atom is -0.508 e. The van der Waals surface area contributed by atoms with E-state index in [9.17, 15) is 53.4 Å². The summed E-state index contributed by atoms with van der Waals surface area (Å²) in [7, 11) is 0. The van der Waals surface area contributed by atoms with Crippen molar-refractivity contribution in [2.24, 2.45) is 17.4 Å². The Morgan fingerprint density at radius 3 is 1.89 bits per heavy atom. The molecule has 1 aliphatic heterocycles. The number of primary amides is 1. The van der Waals surface area contributed by atoms with Crippen LogP contribution in [0.2, 0.25) is 0 Å². The molecular formula is C41H57N9O11. The van der Waals surface area contributed by atoms with Gasteiger partial charge in [-0.05, 0) is 61.8 Å². The van der Waals surface area contributed by atoms with Crippen LogP contribution in [0, 0.1) is 5.92 Å². The Kier molecular flexibility index (Phi) is 19.1. The highest BCUT2D eigenvalue weighted by Gasteiger charge is 2.37. The van der Waals surface area contributed by atoms with Gasteiger partial charge in [0.2, 0.25) is 47.3 Å². The summed E-state index contributed by atoms with van der Waals surface area (Å²) in [4.78, 5) is 118. The molecule has 0 aliphatic carbocycles. The first-order valence-corrected chi connectivity index (χ1v) is 20.0. The second-order valence-corrected chi connectivity index (χ2v) is 15.3. The Labute approximate surface area is 353 Å². The van der Waals surface area contributed by atoms with Gasteiger partial charge in [-0.1, -0.05) is 56.3 Å². The lowest BCUT2D eigenvalue weighted by Crippen LogP contribution is -2.59. The molecule has 3 rings (SSSR count). The predicted octanol–water partition coefficient (Wildman–Crippen LogP) is -1.92. The summed E-state index contributed by atoms with van der Waals surface area (Å²) in [5.74, 6) is -7.27. The van der Waals surface area contributed by atoms with Crippen LogP contribution in [0.4, 0.5) is 0 Å². The Balaban J connectivity index is 1.84. The van der Waals surface area contributed by atoms with Crippen molar-refractivity contribution in [2.75, 3.05) is 19.6 Å². The van der Waals surface area contributed by atoms with Gasteiger partial charge in [0.05, 0.1) is 19.1 Å². The van der Waals surface area contributed by atoms with Crippen molar-refractivity contribution in [3.8, 4) is 5.75 Å². The lowest BCUT2D eigenvalue weighted by atomic mass is 10.0. The third kappa shape index (κ3) is 16.5. The first-order valence-electron chi connectivity index (χ1n) is 20.0. The number of likely N-dealkylation sites (tertiary alicyclic amines) is 1. The molecule has 1 saturated heterocycles. The van der Waals surface area contributed by atoms with Gasteiger partial charge in [-0.15, -0.1) is 0 Å². The fourth-order valence-electron chi connectivity index (χ4n) is 6.50. The van der Waals surface area contributed by atoms with Crippen molar-refractivity contribution >= 4 is 53.2 Å². The maximum absolute atomic E-state index is 14.1. The lowest BCUT2D eigenvalue weighted by Gasteiger charge is -2.28. The van der Waals surface area contributed by atoms with Crippen molar-refractivity contribution < 1.29 is 53.4 Å². The molecule has 1 heterocycles. The van der Waals surface area contributed by atoms with E-state index >= 15 is 0 Å². The molecule has 0 bridgehead atoms. The van der Waals surface area contributed by atoms with E-state index in [2.05, 4.69) is 31.9 Å². The monoisotopic (exact) mass is 851 g/mol. The molecule has 0 aromatic heterocycles. The molecule has 20 heteroatoms. The Morgan fingerprint density at radius 1 is 0.721 bits per heavy atom. The van der Waals surface area contributed by atoms with Crippen LogP contribution in [-0.2, 0) is 56.0 Å². The number of hydrogen-bond donors (Lipinski definition) is 10. The quantitative estimate of drug-likeness (QED) is 0.0586. The molecule has 2 aromatic carbocycles. The fraction of sp³-hybridized carbons (Fsp3) is 0.488. The third-order valence-corrected chi connectivity index (χ3v) is 9.72. The molecule has 332 valence electrons. The molecule has 61 heavy (non-hydrogen) atoms. The number of aromatic hydroxyl groups is 1. The molecular weight excluding hydrogens is 795 g/mol. The van der Waals surface area contributed by atoms with Gasteiger partial charge in [0.25, 0.3) is 0 Å². The largest absolute Gasteiger partial charge is 0.508 e. The average molecular weight is 852 g/mol. The molecule has 2 aromatic rings. The van der Waals surface area contributed by atoms with Crippen LogP contribution < -0.4 is 43.4 Å². The average Bonchev–Trinajstić information content (AvgIpc) is 3.71. The molecule has 0 spiro atoms. The molecule has 6 unspecified atom stereocenters. The van der Waals surface area contributed by atoms with Crippen LogP contribution in [0.1, 0.15) is 64.0 Å². The lowest BCUT2D eigenvalue weighted by molar-refractivity contribution is -0.140. The van der Waals surface area contributed by atoms with Gasteiger partial charge in [-0.25, -0.2) is 0 Å². The number of nitrogens with one attached hydrogen (secondary N) is 6. The summed E-state index contributed by atoms with van der Waals surface area (Å²) in [6.45, 7) is 4.33. The molecule has 20 nitrogen and oxygen atoms in total. The zero-order valence-corrected chi connectivity index (χ0v) is 34.5. The van der Waals surface area contributed by atoms with Crippen LogP contribution in [-0.4, -0.2) is 124 Å². The number of carbonyl (C=O) groups is 9. The number of nitrogens with zero attached hydrogens (tertiary/aromatic N) is 1. The fourth-order valence-corrected chi connectivity index (χ4v) is 6.50. The summed E-state index contributed by atoms with van der Waals surface area (Å²) in [6.07, 6.45) is -0.305. The van der Waals surface area contributed by atoms with E-state index in [1.807, 2.05) is 13.8 Å². The van der Waals surface area contributed by atoms with Crippen molar-refractivity contribution in [2.45, 2.75) is 102 Å². The Bertz CT molecular complexity index is 1880. The van der Waals surface area contributed by atoms with Crippen LogP contribution in [0.5, 0.6) is 5.75 Å². The standard InChI is InChI=1S/C41H57N9O11/c1-23(2)18-29(36(43)56)46-33(52)21-44-38(58)30(19-25-8-5-4-6-9-25)48-39(59)28(15-16-35(54)55)47-40(60)31(20-26-11-13-27(51)14-12-26)49-41(61)32-10-7-17-50(32)34(53)22-45-37(57)24(3)42/h4-6,8-9,11-14,23-24,28-32,51H,7,10,15-22,42H2,1-3H3,(H2,43,56)(H,44,58)(H,45,57)(H,46,52)(H,47,60)(H,48,59)(H,49,61)(H,54,55). The van der Waals surface area contributed by atoms with Gasteiger partial charge in [-0.2, -0.15) is 0 Å². The van der Waals surface area contributed by atoms with Gasteiger partial charge < -0.3 is 58.5 Å². The molecule has 0 saturated carbocycles. The maximum atomic E-state index is 14.1. The zero-order valence-electron chi connectivity index (χ0n) is 34.5. The number of rotatable bonds is 23. The van der Waals surface area contributed by atoms with Gasteiger partial charge in [-0.3, -0.25) is 43.2 Å². The minimum absolute atomic E-state index is 0.0210. The number of nitrogens with two attached hydrogens (primary N) is 2. The van der Waals surface area contributed by atoms with Crippen molar-refractivity contribution in [1.82, 2.24) is 36.8 Å². The molecule has 1 aliphatic rings. The van der Waals surface area contributed by atoms with Crippen molar-refractivity contribution in [3.63, 3.8) is 0 Å². The van der Waals surface area contributed by atoms with E-state index in [4.69, 9.17) is 11.5 Å². The van der Waals surface area contributed by atoms with E-state index in [-0.39, 0.29) is 43.9 Å². The molecule has 6 atom stereocenters. The Hall–Kier alpha value is -6.57. The number of phenolic OH excluding ortho intramolecular Hbond substituents is 1. The summed E-state index contributed by atoms with van der Waals surface area (Å²) in [6, 6.07) is 7.14. The number of benzene rings is 2. The van der Waals surface area contributed by atoms with E-state index in [1.54, 1.807) is 30.3 Å². The number of aliphatic carboxylic acids is 1. The third-order valence-electron chi connectivity index (χ3n) is 9.72. The van der Waals surface area contributed by atoms with E-state index in [0.29, 0.717) is 17.5 Å². The maximum Gasteiger partial charge on any atom is 0.303 e. The van der Waals surface area contributed by atoms with Gasteiger partial charge >= 0.3 is 5.97 Å².